The zero-order valence-corrected chi connectivity index (χ0v) is 15.0. The molecule has 2 rings (SSSR count). The molecule has 8 heteroatoms. The first kappa shape index (κ1) is 18.5. The second-order valence-corrected chi connectivity index (χ2v) is 4.62. The van der Waals surface area contributed by atoms with E-state index in [0.29, 0.717) is 5.39 Å². The predicted octanol–water partition coefficient (Wildman–Crippen LogP) is 1.93. The molecule has 0 aliphatic carbocycles. The summed E-state index contributed by atoms with van der Waals surface area (Å²) < 4.78 is 31.0. The predicted molar refractivity (Wildman–Crippen MR) is 70.2 cm³/mol. The normalized spacial score (nSPS) is 9.95. The number of hydrogen-bond acceptors (Lipinski definition) is 3. The van der Waals surface area contributed by atoms with Crippen molar-refractivity contribution < 1.29 is 28.0 Å². The van der Waals surface area contributed by atoms with Crippen molar-refractivity contribution in [2.75, 3.05) is 0 Å². The molecule has 2 aromatic rings. The molecule has 0 unspecified atom stereocenters. The second kappa shape index (κ2) is 7.90. The number of hydrogen-bond donors (Lipinski definition) is 3. The minimum Gasteiger partial charge on any atom is -0.450 e. The van der Waals surface area contributed by atoms with Crippen molar-refractivity contribution in [3.05, 3.63) is 42.5 Å². The third-order valence-corrected chi connectivity index (χ3v) is 2.94. The van der Waals surface area contributed by atoms with Crippen LogP contribution in [-0.4, -0.2) is 78.2 Å². The van der Waals surface area contributed by atoms with E-state index in [1.807, 2.05) is 6.07 Å². The summed E-state index contributed by atoms with van der Waals surface area (Å²) in [6.07, 6.45) is -1.83. The van der Waals surface area contributed by atoms with E-state index in [1.54, 1.807) is 30.3 Å². The van der Waals surface area contributed by atoms with Crippen LogP contribution < -0.4 is 0 Å². The van der Waals surface area contributed by atoms with Gasteiger partial charge in [-0.1, -0.05) is 36.4 Å². The van der Waals surface area contributed by atoms with Crippen LogP contribution in [0.1, 0.15) is 0 Å². The maximum absolute atomic E-state index is 11.0. The van der Waals surface area contributed by atoms with Crippen LogP contribution in [0.25, 0.3) is 10.8 Å². The van der Waals surface area contributed by atoms with E-state index >= 15 is 0 Å². The van der Waals surface area contributed by atoms with Gasteiger partial charge in [-0.3, -0.25) is 4.55 Å². The maximum Gasteiger partial charge on any atom is 0.503 e. The fourth-order valence-corrected chi connectivity index (χ4v) is 2.13. The molecule has 0 aliphatic heterocycles. The van der Waals surface area contributed by atoms with Crippen LogP contribution in [-0.2, 0) is 10.1 Å². The van der Waals surface area contributed by atoms with E-state index in [0.717, 1.165) is 5.39 Å². The van der Waals surface area contributed by atoms with Crippen molar-refractivity contribution >= 4 is 75.9 Å². The van der Waals surface area contributed by atoms with Crippen LogP contribution in [0.3, 0.4) is 0 Å². The smallest absolute Gasteiger partial charge is 0.450 e. The number of carbonyl (C=O) groups is 1. The summed E-state index contributed by atoms with van der Waals surface area (Å²) in [5.74, 6) is 0. The standard InChI is InChI=1S/C10H8O3S.CH2O3.Ba/c11-14(12,13)10-7-3-5-8-4-1-2-6-9(8)10;2-1(3)4;/h1-7H,(H,11,12,13);(H2,2,3,4);. The Balaban J connectivity index is 0.000000576. The van der Waals surface area contributed by atoms with Crippen LogP contribution in [0.5, 0.6) is 0 Å². The number of carboxylic acid groups (broad SMARTS) is 2. The van der Waals surface area contributed by atoms with Gasteiger partial charge in [-0.05, 0) is 11.5 Å². The third kappa shape index (κ3) is 5.95. The Morgan fingerprint density at radius 2 is 1.42 bits per heavy atom. The Hall–Kier alpha value is -0.549. The molecule has 2 aromatic carbocycles. The first-order valence-corrected chi connectivity index (χ1v) is 6.13. The van der Waals surface area contributed by atoms with Crippen LogP contribution in [0.15, 0.2) is 47.4 Å². The zero-order chi connectivity index (χ0) is 13.8. The van der Waals surface area contributed by atoms with Crippen molar-refractivity contribution in [1.29, 1.82) is 0 Å². The molecule has 0 fully saturated rings. The third-order valence-electron chi connectivity index (χ3n) is 2.03. The summed E-state index contributed by atoms with van der Waals surface area (Å²) >= 11 is 0. The molecule has 98 valence electrons. The Labute approximate surface area is 149 Å². The summed E-state index contributed by atoms with van der Waals surface area (Å²) in [4.78, 5) is 8.51. The first-order valence-electron chi connectivity index (χ1n) is 4.69. The summed E-state index contributed by atoms with van der Waals surface area (Å²) in [6.45, 7) is 0. The van der Waals surface area contributed by atoms with Crippen molar-refractivity contribution in [2.45, 2.75) is 4.90 Å². The number of rotatable bonds is 1. The Morgan fingerprint density at radius 3 is 1.95 bits per heavy atom. The average Bonchev–Trinajstić information content (AvgIpc) is 2.26. The van der Waals surface area contributed by atoms with Gasteiger partial charge in [-0.2, -0.15) is 8.42 Å². The molecule has 0 saturated carbocycles. The van der Waals surface area contributed by atoms with Gasteiger partial charge in [-0.25, -0.2) is 4.79 Å². The largest absolute Gasteiger partial charge is 0.503 e. The minimum absolute atomic E-state index is 0. The Morgan fingerprint density at radius 1 is 0.947 bits per heavy atom. The first-order chi connectivity index (χ1) is 8.32. The molecule has 2 radical (unpaired) electrons. The van der Waals surface area contributed by atoms with Crippen LogP contribution in [0.4, 0.5) is 4.79 Å². The van der Waals surface area contributed by atoms with Crippen molar-refractivity contribution in [3.63, 3.8) is 0 Å². The van der Waals surface area contributed by atoms with Gasteiger partial charge in [0.15, 0.2) is 0 Å². The quantitative estimate of drug-likeness (QED) is 0.492. The van der Waals surface area contributed by atoms with Crippen LogP contribution in [0.2, 0.25) is 0 Å². The average molecular weight is 408 g/mol. The molecule has 0 aliphatic rings. The van der Waals surface area contributed by atoms with Gasteiger partial charge in [0.2, 0.25) is 0 Å². The molecule has 0 amide bonds. The molecule has 3 N–H and O–H groups in total. The zero-order valence-electron chi connectivity index (χ0n) is 9.72. The van der Waals surface area contributed by atoms with Gasteiger partial charge in [0.1, 0.15) is 4.90 Å². The molecular weight excluding hydrogens is 398 g/mol. The molecule has 0 heterocycles. The molecule has 0 spiro atoms. The van der Waals surface area contributed by atoms with Gasteiger partial charge in [0.05, 0.1) is 0 Å². The van der Waals surface area contributed by atoms with Crippen LogP contribution in [0, 0.1) is 0 Å². The topological polar surface area (TPSA) is 112 Å². The molecule has 6 nitrogen and oxygen atoms in total. The minimum atomic E-state index is -4.13. The fraction of sp³-hybridized carbons (Fsp3) is 0. The van der Waals surface area contributed by atoms with Crippen molar-refractivity contribution in [3.8, 4) is 0 Å². The van der Waals surface area contributed by atoms with E-state index in [1.165, 1.54) is 6.07 Å². The molecule has 0 aromatic heterocycles. The summed E-state index contributed by atoms with van der Waals surface area (Å²) in [5.41, 5.74) is 0. The van der Waals surface area contributed by atoms with Crippen LogP contribution >= 0.6 is 0 Å². The van der Waals surface area contributed by atoms with Crippen molar-refractivity contribution in [2.24, 2.45) is 0 Å². The van der Waals surface area contributed by atoms with Gasteiger partial charge in [0, 0.05) is 54.3 Å². The molecule has 0 saturated heterocycles. The van der Waals surface area contributed by atoms with Gasteiger partial charge < -0.3 is 10.2 Å². The molecule has 0 atom stereocenters. The van der Waals surface area contributed by atoms with E-state index in [4.69, 9.17) is 19.6 Å². The van der Waals surface area contributed by atoms with Gasteiger partial charge in [0.25, 0.3) is 10.1 Å². The summed E-state index contributed by atoms with van der Waals surface area (Å²) in [6, 6.07) is 11.8. The summed E-state index contributed by atoms with van der Waals surface area (Å²) in [7, 11) is -4.13. The number of fused-ring (bicyclic) bond motifs is 1. The number of benzene rings is 2. The summed E-state index contributed by atoms with van der Waals surface area (Å²) in [5, 5.41) is 15.3. The van der Waals surface area contributed by atoms with E-state index < -0.39 is 16.3 Å². The SMILES string of the molecule is O=C(O)O.O=S(=O)(O)c1cccc2ccccc12.[Ba]. The van der Waals surface area contributed by atoms with Gasteiger partial charge in [-0.15, -0.1) is 0 Å². The molecule has 0 bridgehead atoms. The van der Waals surface area contributed by atoms with E-state index in [2.05, 4.69) is 0 Å². The Kier molecular flexibility index (Phi) is 7.67. The van der Waals surface area contributed by atoms with E-state index in [9.17, 15) is 8.42 Å². The second-order valence-electron chi connectivity index (χ2n) is 3.23. The van der Waals surface area contributed by atoms with Crippen molar-refractivity contribution in [1.82, 2.24) is 0 Å². The maximum atomic E-state index is 11.0. The fourth-order valence-electron chi connectivity index (χ4n) is 1.42. The Bertz CT molecular complexity index is 658. The van der Waals surface area contributed by atoms with E-state index in [-0.39, 0.29) is 53.8 Å². The molecule has 19 heavy (non-hydrogen) atoms. The molecular formula is C11H10BaO6S. The monoisotopic (exact) mass is 408 g/mol. The van der Waals surface area contributed by atoms with Gasteiger partial charge >= 0.3 is 6.16 Å².